The molecule has 1 heterocycles. The fourth-order valence-corrected chi connectivity index (χ4v) is 6.04. The summed E-state index contributed by atoms with van der Waals surface area (Å²) in [6.45, 7) is 11.9. The van der Waals surface area contributed by atoms with E-state index < -0.39 is 8.07 Å². The van der Waals surface area contributed by atoms with Gasteiger partial charge in [-0.3, -0.25) is 4.90 Å². The van der Waals surface area contributed by atoms with Crippen molar-refractivity contribution in [2.75, 3.05) is 39.0 Å². The second-order valence-electron chi connectivity index (χ2n) is 6.81. The van der Waals surface area contributed by atoms with Crippen molar-refractivity contribution in [3.63, 3.8) is 0 Å². The van der Waals surface area contributed by atoms with Crippen molar-refractivity contribution < 1.29 is 5.11 Å². The molecule has 0 spiro atoms. The number of hydrogen-bond acceptors (Lipinski definition) is 3. The number of nitrogens with zero attached hydrogens (tertiary/aromatic N) is 2. The average Bonchev–Trinajstić information content (AvgIpc) is 2.51. The van der Waals surface area contributed by atoms with Gasteiger partial charge in [-0.2, -0.15) is 0 Å². The second-order valence-corrected chi connectivity index (χ2v) is 11.5. The highest BCUT2D eigenvalue weighted by Gasteiger charge is 2.29. The third-order valence-corrected chi connectivity index (χ3v) is 7.91. The van der Waals surface area contributed by atoms with Crippen molar-refractivity contribution in [2.45, 2.75) is 32.5 Å². The van der Waals surface area contributed by atoms with Gasteiger partial charge in [0.15, 0.2) is 0 Å². The van der Waals surface area contributed by atoms with Gasteiger partial charge in [0.25, 0.3) is 0 Å². The molecule has 1 aromatic rings. The first-order valence-corrected chi connectivity index (χ1v) is 11.4. The maximum absolute atomic E-state index is 9.43. The molecule has 1 aliphatic heterocycles. The van der Waals surface area contributed by atoms with Crippen molar-refractivity contribution in [1.82, 2.24) is 9.80 Å². The molecule has 1 saturated heterocycles. The van der Waals surface area contributed by atoms with Gasteiger partial charge in [-0.25, -0.2) is 0 Å². The van der Waals surface area contributed by atoms with Crippen LogP contribution in [0.25, 0.3) is 0 Å². The molecule has 1 atom stereocenters. The molecule has 0 radical (unpaired) electrons. The van der Waals surface area contributed by atoms with Crippen molar-refractivity contribution in [1.29, 1.82) is 0 Å². The van der Waals surface area contributed by atoms with E-state index in [-0.39, 0.29) is 0 Å². The summed E-state index contributed by atoms with van der Waals surface area (Å²) in [5, 5.41) is 11.0. The fraction of sp³-hybridized carbons (Fsp3) is 0.647. The molecular weight excluding hydrogens is 276 g/mol. The van der Waals surface area contributed by atoms with Gasteiger partial charge in [-0.1, -0.05) is 55.5 Å². The van der Waals surface area contributed by atoms with Gasteiger partial charge in [0.2, 0.25) is 0 Å². The summed E-state index contributed by atoms with van der Waals surface area (Å²) in [4.78, 5) is 5.08. The van der Waals surface area contributed by atoms with Crippen LogP contribution in [-0.4, -0.2) is 68.0 Å². The standard InChI is InChI=1S/C17H30N2OSi/c1-4-16(14-20)19-12-10-18(11-13-19)15-21(2,3)17-8-6-5-7-9-17/h5-9,16,20H,4,10-15H2,1-3H3. The summed E-state index contributed by atoms with van der Waals surface area (Å²) < 4.78 is 0. The van der Waals surface area contributed by atoms with E-state index in [1.807, 2.05) is 0 Å². The zero-order chi connectivity index (χ0) is 15.3. The average molecular weight is 307 g/mol. The van der Waals surface area contributed by atoms with E-state index in [2.05, 4.69) is 60.1 Å². The Bertz CT molecular complexity index is 412. The Morgan fingerprint density at radius 2 is 1.71 bits per heavy atom. The highest BCUT2D eigenvalue weighted by Crippen LogP contribution is 2.12. The Labute approximate surface area is 130 Å². The molecular formula is C17H30N2OSi. The Morgan fingerprint density at radius 1 is 1.10 bits per heavy atom. The molecule has 1 N–H and O–H groups in total. The SMILES string of the molecule is CCC(CO)N1CCN(C[Si](C)(C)c2ccccc2)CC1. The topological polar surface area (TPSA) is 26.7 Å². The van der Waals surface area contributed by atoms with Gasteiger partial charge >= 0.3 is 0 Å². The van der Waals surface area contributed by atoms with E-state index in [1.165, 1.54) is 6.17 Å². The molecule has 4 heteroatoms. The van der Waals surface area contributed by atoms with Crippen molar-refractivity contribution >= 4 is 13.3 Å². The van der Waals surface area contributed by atoms with E-state index in [0.29, 0.717) is 12.6 Å². The first kappa shape index (κ1) is 16.7. The Morgan fingerprint density at radius 3 is 2.24 bits per heavy atom. The highest BCUT2D eigenvalue weighted by atomic mass is 28.3. The van der Waals surface area contributed by atoms with Gasteiger partial charge < -0.3 is 10.0 Å². The molecule has 0 aliphatic carbocycles. The van der Waals surface area contributed by atoms with Crippen molar-refractivity contribution in [3.05, 3.63) is 30.3 Å². The predicted octanol–water partition coefficient (Wildman–Crippen LogP) is 1.53. The normalized spacial score (nSPS) is 19.6. The zero-order valence-electron chi connectivity index (χ0n) is 13.8. The van der Waals surface area contributed by atoms with E-state index in [1.54, 1.807) is 5.19 Å². The summed E-state index contributed by atoms with van der Waals surface area (Å²) >= 11 is 0. The van der Waals surface area contributed by atoms with Gasteiger partial charge in [-0.15, -0.1) is 0 Å². The minimum Gasteiger partial charge on any atom is -0.395 e. The summed E-state index contributed by atoms with van der Waals surface area (Å²) in [6, 6.07) is 11.4. The third kappa shape index (κ3) is 4.39. The molecule has 0 amide bonds. The number of hydrogen-bond donors (Lipinski definition) is 1. The number of piperazine rings is 1. The molecule has 3 nitrogen and oxygen atoms in total. The molecule has 0 bridgehead atoms. The van der Waals surface area contributed by atoms with Crippen LogP contribution in [0.4, 0.5) is 0 Å². The van der Waals surface area contributed by atoms with Crippen LogP contribution in [0.2, 0.25) is 13.1 Å². The third-order valence-electron chi connectivity index (χ3n) is 4.78. The van der Waals surface area contributed by atoms with Crippen LogP contribution in [0.3, 0.4) is 0 Å². The summed E-state index contributed by atoms with van der Waals surface area (Å²) in [5.74, 6) is 0. The fourth-order valence-electron chi connectivity index (χ4n) is 3.33. The predicted molar refractivity (Wildman–Crippen MR) is 92.7 cm³/mol. The van der Waals surface area contributed by atoms with E-state index in [4.69, 9.17) is 0 Å². The zero-order valence-corrected chi connectivity index (χ0v) is 14.8. The lowest BCUT2D eigenvalue weighted by Crippen LogP contribution is -2.58. The van der Waals surface area contributed by atoms with Gasteiger partial charge in [0, 0.05) is 32.2 Å². The van der Waals surface area contributed by atoms with Gasteiger partial charge in [0.05, 0.1) is 14.7 Å². The summed E-state index contributed by atoms with van der Waals surface area (Å²) in [6.07, 6.45) is 2.28. The smallest absolute Gasteiger partial charge is 0.0948 e. The summed E-state index contributed by atoms with van der Waals surface area (Å²) in [5.41, 5.74) is 0. The van der Waals surface area contributed by atoms with Crippen molar-refractivity contribution in [3.8, 4) is 0 Å². The van der Waals surface area contributed by atoms with Crippen LogP contribution in [0.15, 0.2) is 30.3 Å². The minimum absolute atomic E-state index is 0.292. The molecule has 2 rings (SSSR count). The Balaban J connectivity index is 1.88. The quantitative estimate of drug-likeness (QED) is 0.808. The second kappa shape index (κ2) is 7.54. The highest BCUT2D eigenvalue weighted by molar-refractivity contribution is 6.89. The van der Waals surface area contributed by atoms with Crippen LogP contribution >= 0.6 is 0 Å². The number of aliphatic hydroxyl groups is 1. The Hall–Kier alpha value is -0.683. The van der Waals surface area contributed by atoms with Crippen LogP contribution in [0, 0.1) is 0 Å². The number of benzene rings is 1. The van der Waals surface area contributed by atoms with Gasteiger partial charge in [0.1, 0.15) is 0 Å². The number of rotatable bonds is 6. The molecule has 118 valence electrons. The van der Waals surface area contributed by atoms with Crippen LogP contribution < -0.4 is 5.19 Å². The molecule has 1 fully saturated rings. The molecule has 1 unspecified atom stereocenters. The maximum Gasteiger partial charge on any atom is 0.0948 e. The molecule has 1 aliphatic rings. The molecule has 0 aromatic heterocycles. The first-order valence-electron chi connectivity index (χ1n) is 8.19. The Kier molecular flexibility index (Phi) is 5.99. The summed E-state index contributed by atoms with van der Waals surface area (Å²) in [7, 11) is -1.37. The van der Waals surface area contributed by atoms with Crippen LogP contribution in [0.1, 0.15) is 13.3 Å². The molecule has 1 aromatic carbocycles. The number of aliphatic hydroxyl groups excluding tert-OH is 1. The van der Waals surface area contributed by atoms with Crippen LogP contribution in [0.5, 0.6) is 0 Å². The first-order chi connectivity index (χ1) is 10.1. The lowest BCUT2D eigenvalue weighted by atomic mass is 10.2. The van der Waals surface area contributed by atoms with Crippen molar-refractivity contribution in [2.24, 2.45) is 0 Å². The van der Waals surface area contributed by atoms with E-state index >= 15 is 0 Å². The molecule has 21 heavy (non-hydrogen) atoms. The van der Waals surface area contributed by atoms with Gasteiger partial charge in [-0.05, 0) is 12.6 Å². The minimum atomic E-state index is -1.37. The van der Waals surface area contributed by atoms with E-state index in [9.17, 15) is 5.11 Å². The molecule has 0 saturated carbocycles. The van der Waals surface area contributed by atoms with Crippen LogP contribution in [-0.2, 0) is 0 Å². The lowest BCUT2D eigenvalue weighted by molar-refractivity contribution is 0.0697. The lowest BCUT2D eigenvalue weighted by Gasteiger charge is -2.41. The largest absolute Gasteiger partial charge is 0.395 e. The maximum atomic E-state index is 9.43. The van der Waals surface area contributed by atoms with E-state index in [0.717, 1.165) is 32.6 Å². The monoisotopic (exact) mass is 306 g/mol.